The molecule has 15 N–H and O–H groups in total. The number of benzene rings is 3. The zero-order chi connectivity index (χ0) is 57.4. The maximum atomic E-state index is 14.8. The lowest BCUT2D eigenvalue weighted by Crippen LogP contribution is -2.60. The number of primary amides is 1. The number of nitrogens with one attached hydrogen (secondary N) is 9. The molecule has 7 atom stereocenters. The Morgan fingerprint density at radius 1 is 0.722 bits per heavy atom. The number of hydroxylamine groups is 1. The fourth-order valence-electron chi connectivity index (χ4n) is 8.77. The predicted octanol–water partition coefficient (Wildman–Crippen LogP) is 0.628. The van der Waals surface area contributed by atoms with E-state index in [-0.39, 0.29) is 69.6 Å². The number of carbonyl (C=O) groups excluding carboxylic acids is 9. The molecule has 0 unspecified atom stereocenters. The number of nitrogens with zero attached hydrogens (tertiary/aromatic N) is 1. The molecule has 0 bridgehead atoms. The van der Waals surface area contributed by atoms with Crippen LogP contribution in [0, 0.1) is 11.6 Å². The van der Waals surface area contributed by atoms with Crippen molar-refractivity contribution in [2.75, 3.05) is 13.1 Å². The fourth-order valence-corrected chi connectivity index (χ4v) is 8.77. The van der Waals surface area contributed by atoms with Crippen molar-refractivity contribution < 1.29 is 56.8 Å². The summed E-state index contributed by atoms with van der Waals surface area (Å²) in [7, 11) is 0. The Balaban J connectivity index is 1.57. The number of rotatable bonds is 17. The van der Waals surface area contributed by atoms with Gasteiger partial charge >= 0.3 is 5.97 Å². The number of fused-ring (bicyclic) bond motifs is 1. The maximum Gasteiger partial charge on any atom is 0.324 e. The van der Waals surface area contributed by atoms with Crippen LogP contribution in [0.5, 0.6) is 0 Å². The number of nitrogens with two attached hydrogens (primary N) is 3. The highest BCUT2D eigenvalue weighted by Crippen LogP contribution is 2.20. The second-order valence-corrected chi connectivity index (χ2v) is 19.2. The van der Waals surface area contributed by atoms with Crippen molar-refractivity contribution in [2.45, 2.75) is 140 Å². The van der Waals surface area contributed by atoms with E-state index in [1.807, 2.05) is 25.1 Å². The number of hydrogen-bond donors (Lipinski definition) is 12. The first-order chi connectivity index (χ1) is 37.8. The van der Waals surface area contributed by atoms with E-state index >= 15 is 0 Å². The van der Waals surface area contributed by atoms with Crippen molar-refractivity contribution in [3.8, 4) is 0 Å². The molecule has 2 heterocycles. The summed E-state index contributed by atoms with van der Waals surface area (Å²) in [6.45, 7) is 3.16. The fraction of sp³-hybridized carbons (Fsp3) is 0.444. The number of amides is 8. The summed E-state index contributed by atoms with van der Waals surface area (Å²) in [5.41, 5.74) is 21.4. The van der Waals surface area contributed by atoms with Gasteiger partial charge in [-0.15, -0.1) is 0 Å². The number of halogens is 2. The number of aromatic amines is 1. The summed E-state index contributed by atoms with van der Waals surface area (Å²) in [5.74, 6) is -10.3. The number of H-pyrrole nitrogens is 1. The molecule has 23 nitrogen and oxygen atoms in total. The van der Waals surface area contributed by atoms with E-state index in [4.69, 9.17) is 22.0 Å². The monoisotopic (exact) mass is 1100 g/mol. The number of unbranched alkanes of at least 4 members (excludes halogenated alkanes) is 1. The Bertz CT molecular complexity index is 2790. The lowest BCUT2D eigenvalue weighted by Gasteiger charge is -2.28. The van der Waals surface area contributed by atoms with Crippen LogP contribution in [-0.4, -0.2) is 120 Å². The van der Waals surface area contributed by atoms with Crippen LogP contribution in [0.2, 0.25) is 0 Å². The van der Waals surface area contributed by atoms with Crippen molar-refractivity contribution in [3.63, 3.8) is 0 Å². The number of carbonyl (C=O) groups is 9. The molecule has 79 heavy (non-hydrogen) atoms. The topological polar surface area (TPSA) is 365 Å². The van der Waals surface area contributed by atoms with E-state index in [0.717, 1.165) is 23.0 Å². The minimum absolute atomic E-state index is 0.0148. The molecule has 5 rings (SSSR count). The molecule has 3 aromatic carbocycles. The van der Waals surface area contributed by atoms with Gasteiger partial charge in [-0.25, -0.2) is 8.78 Å². The predicted molar refractivity (Wildman–Crippen MR) is 287 cm³/mol. The van der Waals surface area contributed by atoms with Crippen LogP contribution in [0.1, 0.15) is 94.7 Å². The first kappa shape index (κ1) is 61.4. The molecular formula is C54H71F2N13O10. The average Bonchev–Trinajstić information content (AvgIpc) is 3.83. The molecule has 0 spiro atoms. The first-order valence-corrected chi connectivity index (χ1v) is 26.2. The number of para-hydroxylation sites is 1. The van der Waals surface area contributed by atoms with Gasteiger partial charge in [-0.2, -0.15) is 5.48 Å². The van der Waals surface area contributed by atoms with Crippen LogP contribution in [0.3, 0.4) is 0 Å². The van der Waals surface area contributed by atoms with E-state index in [1.54, 1.807) is 42.6 Å². The van der Waals surface area contributed by atoms with Crippen LogP contribution in [0.15, 0.2) is 84.0 Å². The third-order valence-corrected chi connectivity index (χ3v) is 13.0. The average molecular weight is 1100 g/mol. The van der Waals surface area contributed by atoms with E-state index in [2.05, 4.69) is 52.7 Å². The van der Waals surface area contributed by atoms with Crippen molar-refractivity contribution in [3.05, 3.63) is 107 Å². The van der Waals surface area contributed by atoms with Crippen molar-refractivity contribution in [2.24, 2.45) is 22.2 Å². The van der Waals surface area contributed by atoms with Crippen LogP contribution >= 0.6 is 0 Å². The van der Waals surface area contributed by atoms with Crippen LogP contribution in [-0.2, 0) is 67.3 Å². The lowest BCUT2D eigenvalue weighted by atomic mass is 10.0. The Kier molecular flexibility index (Phi) is 24.1. The molecule has 25 heteroatoms. The van der Waals surface area contributed by atoms with Gasteiger partial charge in [-0.1, -0.05) is 74.4 Å². The van der Waals surface area contributed by atoms with Crippen LogP contribution < -0.4 is 59.9 Å². The molecule has 1 aliphatic heterocycles. The van der Waals surface area contributed by atoms with E-state index in [1.165, 1.54) is 13.0 Å². The van der Waals surface area contributed by atoms with Gasteiger partial charge in [0.15, 0.2) is 17.6 Å². The molecule has 0 aliphatic carbocycles. The Labute approximate surface area is 455 Å². The molecule has 426 valence electrons. The zero-order valence-electron chi connectivity index (χ0n) is 44.2. The molecule has 1 saturated heterocycles. The lowest BCUT2D eigenvalue weighted by molar-refractivity contribution is -0.151. The smallest absolute Gasteiger partial charge is 0.324 e. The third kappa shape index (κ3) is 20.1. The molecule has 1 fully saturated rings. The number of hydrogen-bond acceptors (Lipinski definition) is 12. The maximum absolute atomic E-state index is 14.8. The van der Waals surface area contributed by atoms with E-state index in [9.17, 15) is 51.9 Å². The van der Waals surface area contributed by atoms with E-state index in [0.29, 0.717) is 30.4 Å². The third-order valence-electron chi connectivity index (χ3n) is 13.0. The van der Waals surface area contributed by atoms with Gasteiger partial charge < -0.3 is 64.2 Å². The second kappa shape index (κ2) is 31.1. The SMILES string of the molecule is CCCC[C@H](NC(C)=O)C(=O)N[C@H]1CCC(=O)ONCCCC[C@@H](C(N)=O)NC(=O)[C@H](Cc2c[nH]c3ccccc23)NC(=O)[C@H](CCCN=C(N)N)NC(=O)[C@@H](Cc2ccccc2)NC(=O)[C@H](Cc2ccc(F)c(F)c2)NC1=O. The van der Waals surface area contributed by atoms with Crippen LogP contribution in [0.4, 0.5) is 8.78 Å². The normalized spacial score (nSPS) is 21.0. The minimum Gasteiger partial charge on any atom is -0.371 e. The largest absolute Gasteiger partial charge is 0.371 e. The molecule has 0 saturated carbocycles. The van der Waals surface area contributed by atoms with Gasteiger partial charge in [-0.3, -0.25) is 48.1 Å². The summed E-state index contributed by atoms with van der Waals surface area (Å²) in [4.78, 5) is 137. The number of aromatic nitrogens is 1. The van der Waals surface area contributed by atoms with Gasteiger partial charge in [0.25, 0.3) is 0 Å². The molecule has 0 radical (unpaired) electrons. The number of aliphatic imine (C=N–C) groups is 1. The molecule has 8 amide bonds. The van der Waals surface area contributed by atoms with Crippen molar-refractivity contribution >= 4 is 70.1 Å². The zero-order valence-corrected chi connectivity index (χ0v) is 44.2. The molecule has 4 aromatic rings. The quantitative estimate of drug-likeness (QED) is 0.0393. The Morgan fingerprint density at radius 2 is 1.35 bits per heavy atom. The minimum atomic E-state index is -1.69. The highest BCUT2D eigenvalue weighted by atomic mass is 19.2. The van der Waals surface area contributed by atoms with Gasteiger partial charge in [0.1, 0.15) is 42.3 Å². The van der Waals surface area contributed by atoms with E-state index < -0.39 is 126 Å². The summed E-state index contributed by atoms with van der Waals surface area (Å²) in [6.07, 6.45) is 1.91. The summed E-state index contributed by atoms with van der Waals surface area (Å²) in [5, 5.41) is 19.2. The highest BCUT2D eigenvalue weighted by Gasteiger charge is 2.35. The van der Waals surface area contributed by atoms with Crippen molar-refractivity contribution in [1.82, 2.24) is 47.7 Å². The van der Waals surface area contributed by atoms with Gasteiger partial charge in [0.05, 0.1) is 0 Å². The standard InChI is InChI=1S/C54H71F2N13O10/c1-3-4-16-40(63-31(2)70)48(73)66-42-22-23-46(71)79-62-25-11-10-18-39(47(57)72)64-53(78)45(29-34-30-61-38-17-9-8-15-35(34)38)69-49(74)41(19-12-24-60-54(58)59)65-51(76)43(27-32-13-6-5-7-14-32)68-52(77)44(67-50(42)75)28-33-20-21-36(55)37(56)26-33/h5-9,13-15,17,20-21,26,30,39-45,61-62H,3-4,10-12,16,18-19,22-25,27-29H2,1-2H3,(H2,57,72)(H,63,70)(H,64,78)(H,65,76)(H,66,73)(H,67,75)(H,68,77)(H,69,74)(H4,58,59,60)/t39-,40-,41-,42-,43+,44-,45-/m0/s1. The summed E-state index contributed by atoms with van der Waals surface area (Å²) < 4.78 is 29.0. The summed E-state index contributed by atoms with van der Waals surface area (Å²) in [6, 6.07) is 8.57. The van der Waals surface area contributed by atoms with Crippen molar-refractivity contribution in [1.29, 1.82) is 0 Å². The Hall–Kier alpha value is -8.48. The Morgan fingerprint density at radius 3 is 2.03 bits per heavy atom. The molecule has 1 aromatic heterocycles. The van der Waals surface area contributed by atoms with Crippen LogP contribution in [0.25, 0.3) is 10.9 Å². The first-order valence-electron chi connectivity index (χ1n) is 26.2. The van der Waals surface area contributed by atoms with Gasteiger partial charge in [-0.05, 0) is 79.8 Å². The second-order valence-electron chi connectivity index (χ2n) is 19.2. The summed E-state index contributed by atoms with van der Waals surface area (Å²) >= 11 is 0. The molecule has 1 aliphatic rings. The van der Waals surface area contributed by atoms with Gasteiger partial charge in [0.2, 0.25) is 47.3 Å². The highest BCUT2D eigenvalue weighted by molar-refractivity contribution is 5.98. The van der Waals surface area contributed by atoms with Gasteiger partial charge in [0, 0.05) is 62.8 Å². The number of guanidine groups is 1. The molecular weight excluding hydrogens is 1030 g/mol.